The largest absolute Gasteiger partial charge is 0.469 e. The van der Waals surface area contributed by atoms with E-state index in [0.29, 0.717) is 16.7 Å². The molecule has 110 valence electrons. The summed E-state index contributed by atoms with van der Waals surface area (Å²) >= 11 is 3.19. The first kappa shape index (κ1) is 15.3. The number of carbonyl (C=O) groups is 1. The summed E-state index contributed by atoms with van der Waals surface area (Å²) in [6, 6.07) is 9.00. The van der Waals surface area contributed by atoms with Gasteiger partial charge in [0.1, 0.15) is 0 Å². The van der Waals surface area contributed by atoms with Crippen molar-refractivity contribution >= 4 is 27.6 Å². The molecule has 0 fully saturated rings. The summed E-state index contributed by atoms with van der Waals surface area (Å²) in [5, 5.41) is 0. The van der Waals surface area contributed by atoms with Gasteiger partial charge in [0, 0.05) is 11.9 Å². The zero-order valence-electron chi connectivity index (χ0n) is 11.5. The molecule has 2 N–H and O–H groups in total. The highest BCUT2D eigenvalue weighted by molar-refractivity contribution is 9.10. The van der Waals surface area contributed by atoms with Crippen molar-refractivity contribution in [1.29, 1.82) is 0 Å². The number of hydrogen-bond acceptors (Lipinski definition) is 4. The first-order chi connectivity index (χ1) is 10.0. The van der Waals surface area contributed by atoms with Gasteiger partial charge in [-0.3, -0.25) is 9.59 Å². The van der Waals surface area contributed by atoms with Gasteiger partial charge >= 0.3 is 5.97 Å². The molecular weight excluding hydrogens is 336 g/mol. The van der Waals surface area contributed by atoms with Crippen molar-refractivity contribution in [2.75, 3.05) is 12.8 Å². The summed E-state index contributed by atoms with van der Waals surface area (Å²) in [4.78, 5) is 23.5. The summed E-state index contributed by atoms with van der Waals surface area (Å²) < 4.78 is 6.61. The molecule has 21 heavy (non-hydrogen) atoms. The summed E-state index contributed by atoms with van der Waals surface area (Å²) in [6.45, 7) is 0.343. The molecule has 6 heteroatoms. The highest BCUT2D eigenvalue weighted by atomic mass is 79.9. The van der Waals surface area contributed by atoms with E-state index in [-0.39, 0.29) is 17.9 Å². The number of carbonyl (C=O) groups excluding carboxylic acids is 1. The lowest BCUT2D eigenvalue weighted by atomic mass is 10.0. The number of nitrogens with zero attached hydrogens (tertiary/aromatic N) is 1. The highest BCUT2D eigenvalue weighted by Crippen LogP contribution is 2.14. The average Bonchev–Trinajstić information content (AvgIpc) is 2.46. The van der Waals surface area contributed by atoms with Crippen LogP contribution in [0.15, 0.2) is 45.8 Å². The summed E-state index contributed by atoms with van der Waals surface area (Å²) in [7, 11) is 1.35. The van der Waals surface area contributed by atoms with Gasteiger partial charge in [-0.15, -0.1) is 0 Å². The number of esters is 1. The maximum Gasteiger partial charge on any atom is 0.309 e. The maximum atomic E-state index is 12.1. The smallest absolute Gasteiger partial charge is 0.309 e. The molecule has 1 aromatic carbocycles. The van der Waals surface area contributed by atoms with Crippen molar-refractivity contribution in [3.05, 3.63) is 62.5 Å². The van der Waals surface area contributed by atoms with E-state index in [1.165, 1.54) is 11.7 Å². The second-order valence-corrected chi connectivity index (χ2v) is 5.43. The van der Waals surface area contributed by atoms with Crippen LogP contribution in [0.2, 0.25) is 0 Å². The van der Waals surface area contributed by atoms with Crippen molar-refractivity contribution in [2.24, 2.45) is 0 Å². The zero-order valence-corrected chi connectivity index (χ0v) is 13.1. The number of ether oxygens (including phenoxy) is 1. The van der Waals surface area contributed by atoms with E-state index in [2.05, 4.69) is 20.7 Å². The van der Waals surface area contributed by atoms with Crippen LogP contribution in [0.4, 0.5) is 5.69 Å². The predicted molar refractivity (Wildman–Crippen MR) is 84.1 cm³/mol. The molecular formula is C15H15BrN2O3. The zero-order chi connectivity index (χ0) is 15.4. The minimum absolute atomic E-state index is 0.169. The molecule has 2 aromatic rings. The predicted octanol–water partition coefficient (Wildman–Crippen LogP) is 1.96. The Morgan fingerprint density at radius 3 is 2.67 bits per heavy atom. The van der Waals surface area contributed by atoms with Crippen LogP contribution >= 0.6 is 15.9 Å². The fourth-order valence-corrected chi connectivity index (χ4v) is 2.53. The molecule has 0 atom stereocenters. The van der Waals surface area contributed by atoms with E-state index in [1.54, 1.807) is 12.3 Å². The monoisotopic (exact) mass is 350 g/mol. The quantitative estimate of drug-likeness (QED) is 0.855. The van der Waals surface area contributed by atoms with Gasteiger partial charge in [0.05, 0.1) is 24.5 Å². The van der Waals surface area contributed by atoms with Crippen molar-refractivity contribution in [3.63, 3.8) is 0 Å². The fraction of sp³-hybridized carbons (Fsp3) is 0.200. The third-order valence-electron chi connectivity index (χ3n) is 3.09. The molecule has 0 bridgehead atoms. The molecule has 1 aromatic heterocycles. The lowest BCUT2D eigenvalue weighted by Gasteiger charge is -2.11. The van der Waals surface area contributed by atoms with E-state index in [4.69, 9.17) is 5.73 Å². The van der Waals surface area contributed by atoms with Gasteiger partial charge in [-0.1, -0.05) is 24.3 Å². The number of halogens is 1. The molecule has 0 aliphatic carbocycles. The van der Waals surface area contributed by atoms with Crippen molar-refractivity contribution in [2.45, 2.75) is 13.0 Å². The third-order valence-corrected chi connectivity index (χ3v) is 3.65. The van der Waals surface area contributed by atoms with Gasteiger partial charge in [-0.05, 0) is 33.1 Å². The SMILES string of the molecule is COC(=O)Cc1ccccc1Cn1cc(N)cc(Br)c1=O. The second kappa shape index (κ2) is 6.58. The van der Waals surface area contributed by atoms with E-state index >= 15 is 0 Å². The van der Waals surface area contributed by atoms with Crippen LogP contribution in [0.25, 0.3) is 0 Å². The lowest BCUT2D eigenvalue weighted by Crippen LogP contribution is -2.22. The maximum absolute atomic E-state index is 12.1. The number of aromatic nitrogens is 1. The number of benzene rings is 1. The van der Waals surface area contributed by atoms with Crippen LogP contribution in [0.3, 0.4) is 0 Å². The number of anilines is 1. The minimum atomic E-state index is -0.316. The van der Waals surface area contributed by atoms with Crippen LogP contribution in [0.1, 0.15) is 11.1 Å². The molecule has 5 nitrogen and oxygen atoms in total. The lowest BCUT2D eigenvalue weighted by molar-refractivity contribution is -0.139. The van der Waals surface area contributed by atoms with Gasteiger partial charge in [-0.2, -0.15) is 0 Å². The number of rotatable bonds is 4. The minimum Gasteiger partial charge on any atom is -0.469 e. The van der Waals surface area contributed by atoms with Crippen molar-refractivity contribution in [1.82, 2.24) is 4.57 Å². The molecule has 0 radical (unpaired) electrons. The number of nitrogens with two attached hydrogens (primary N) is 1. The molecule has 0 saturated heterocycles. The Morgan fingerprint density at radius 1 is 1.33 bits per heavy atom. The molecule has 0 saturated carbocycles. The Bertz CT molecular complexity index is 725. The molecule has 1 heterocycles. The van der Waals surface area contributed by atoms with Gasteiger partial charge in [0.15, 0.2) is 0 Å². The fourth-order valence-electron chi connectivity index (χ4n) is 2.03. The van der Waals surface area contributed by atoms with Crippen LogP contribution in [0.5, 0.6) is 0 Å². The molecule has 0 aliphatic heterocycles. The number of pyridine rings is 1. The number of hydrogen-bond donors (Lipinski definition) is 1. The van der Waals surface area contributed by atoms with Crippen LogP contribution in [0, 0.1) is 0 Å². The Morgan fingerprint density at radius 2 is 2.00 bits per heavy atom. The van der Waals surface area contributed by atoms with Gasteiger partial charge in [0.25, 0.3) is 5.56 Å². The molecule has 2 rings (SSSR count). The Hall–Kier alpha value is -2.08. The number of methoxy groups -OCH3 is 1. The Kier molecular flexibility index (Phi) is 4.80. The van der Waals surface area contributed by atoms with Crippen molar-refractivity contribution < 1.29 is 9.53 Å². The van der Waals surface area contributed by atoms with Crippen LogP contribution in [-0.4, -0.2) is 17.6 Å². The topological polar surface area (TPSA) is 74.3 Å². The molecule has 0 aliphatic rings. The highest BCUT2D eigenvalue weighted by Gasteiger charge is 2.10. The van der Waals surface area contributed by atoms with Crippen LogP contribution in [-0.2, 0) is 22.5 Å². The van der Waals surface area contributed by atoms with E-state index in [9.17, 15) is 9.59 Å². The summed E-state index contributed by atoms with van der Waals surface area (Å²) in [6.07, 6.45) is 1.76. The molecule has 0 spiro atoms. The molecule has 0 unspecified atom stereocenters. The second-order valence-electron chi connectivity index (χ2n) is 4.58. The number of nitrogen functional groups attached to an aromatic ring is 1. The van der Waals surface area contributed by atoms with Gasteiger partial charge < -0.3 is 15.0 Å². The van der Waals surface area contributed by atoms with Gasteiger partial charge in [0.2, 0.25) is 0 Å². The third kappa shape index (κ3) is 3.72. The van der Waals surface area contributed by atoms with Crippen LogP contribution < -0.4 is 11.3 Å². The Labute approximate surface area is 130 Å². The normalized spacial score (nSPS) is 10.4. The van der Waals surface area contributed by atoms with Gasteiger partial charge in [-0.25, -0.2) is 0 Å². The molecule has 0 amide bonds. The standard InChI is InChI=1S/C15H15BrN2O3/c1-21-14(19)6-10-4-2-3-5-11(10)8-18-9-12(17)7-13(16)15(18)20/h2-5,7,9H,6,8,17H2,1H3. The summed E-state index contributed by atoms with van der Waals surface area (Å²) in [5.41, 5.74) is 7.79. The van der Waals surface area contributed by atoms with Crippen molar-refractivity contribution in [3.8, 4) is 0 Å². The average molecular weight is 351 g/mol. The first-order valence-corrected chi connectivity index (χ1v) is 7.09. The first-order valence-electron chi connectivity index (χ1n) is 6.30. The summed E-state index contributed by atoms with van der Waals surface area (Å²) in [5.74, 6) is -0.316. The van der Waals surface area contributed by atoms with E-state index in [0.717, 1.165) is 11.1 Å². The van der Waals surface area contributed by atoms with E-state index < -0.39 is 0 Å². The van der Waals surface area contributed by atoms with E-state index in [1.807, 2.05) is 24.3 Å². The Balaban J connectivity index is 2.36.